The van der Waals surface area contributed by atoms with E-state index in [0.29, 0.717) is 35.6 Å². The van der Waals surface area contributed by atoms with Gasteiger partial charge in [0.05, 0.1) is 0 Å². The molecule has 0 radical (unpaired) electrons. The molecule has 1 N–H and O–H groups in total. The van der Waals surface area contributed by atoms with Crippen molar-refractivity contribution in [2.75, 3.05) is 5.32 Å². The number of carbonyl (C=O) groups excluding carboxylic acids is 3. The lowest BCUT2D eigenvalue weighted by molar-refractivity contribution is -0.134. The number of esters is 1. The molecule has 174 valence electrons. The third kappa shape index (κ3) is 5.98. The topological polar surface area (TPSA) is 72.5 Å². The van der Waals surface area contributed by atoms with E-state index in [2.05, 4.69) is 11.4 Å². The van der Waals surface area contributed by atoms with Crippen molar-refractivity contribution in [2.24, 2.45) is 0 Å². The van der Waals surface area contributed by atoms with Gasteiger partial charge in [0.15, 0.2) is 5.78 Å². The zero-order valence-corrected chi connectivity index (χ0v) is 19.2. The first-order chi connectivity index (χ1) is 16.6. The van der Waals surface area contributed by atoms with Gasteiger partial charge in [0.25, 0.3) is 5.91 Å². The maximum atomic E-state index is 12.6. The van der Waals surface area contributed by atoms with Crippen molar-refractivity contribution < 1.29 is 19.1 Å². The van der Waals surface area contributed by atoms with Crippen molar-refractivity contribution in [1.82, 2.24) is 0 Å². The first kappa shape index (κ1) is 23.4. The number of ether oxygens (including phenoxy) is 1. The number of carbonyl (C=O) groups is 3. The molecule has 0 bridgehead atoms. The van der Waals surface area contributed by atoms with E-state index in [4.69, 9.17) is 4.74 Å². The molecule has 1 aliphatic rings. The zero-order chi connectivity index (χ0) is 23.8. The van der Waals surface area contributed by atoms with E-state index in [1.807, 2.05) is 42.5 Å². The highest BCUT2D eigenvalue weighted by atomic mass is 16.5. The second-order valence-electron chi connectivity index (χ2n) is 8.56. The summed E-state index contributed by atoms with van der Waals surface area (Å²) in [6.45, 7) is 0. The fourth-order valence-corrected chi connectivity index (χ4v) is 4.26. The Labute approximate surface area is 199 Å². The smallest absolute Gasteiger partial charge is 0.311 e. The molecule has 5 heteroatoms. The Kier molecular flexibility index (Phi) is 7.87. The summed E-state index contributed by atoms with van der Waals surface area (Å²) in [6, 6.07) is 20.1. The molecule has 3 aromatic carbocycles. The highest BCUT2D eigenvalue weighted by Crippen LogP contribution is 2.32. The highest BCUT2D eigenvalue weighted by molar-refractivity contribution is 6.10. The number of benzene rings is 3. The Morgan fingerprint density at radius 1 is 0.824 bits per heavy atom. The van der Waals surface area contributed by atoms with Gasteiger partial charge in [-0.15, -0.1) is 0 Å². The van der Waals surface area contributed by atoms with E-state index in [9.17, 15) is 14.4 Å². The molecule has 3 aromatic rings. The first-order valence-corrected chi connectivity index (χ1v) is 11.9. The number of nitrogens with one attached hydrogen (secondary N) is 1. The first-order valence-electron chi connectivity index (χ1n) is 11.9. The SMILES string of the molecule is O=C(CCCCCCC1=CCCC1=O)Oc1ccc(NC(=O)c2ccccc2)c2ccccc12. The molecule has 1 aliphatic carbocycles. The van der Waals surface area contributed by atoms with Crippen LogP contribution >= 0.6 is 0 Å². The number of Topliss-reactive ketones (excluding diaryl/α,β-unsaturated/α-hetero) is 1. The summed E-state index contributed by atoms with van der Waals surface area (Å²) in [5.74, 6) is 0.329. The van der Waals surface area contributed by atoms with Gasteiger partial charge in [-0.2, -0.15) is 0 Å². The number of hydrogen-bond acceptors (Lipinski definition) is 4. The molecule has 0 saturated carbocycles. The van der Waals surface area contributed by atoms with Crippen LogP contribution in [0.15, 0.2) is 78.4 Å². The molecule has 4 rings (SSSR count). The third-order valence-corrected chi connectivity index (χ3v) is 6.09. The molecule has 0 aliphatic heterocycles. The lowest BCUT2D eigenvalue weighted by Crippen LogP contribution is -2.12. The average Bonchev–Trinajstić information content (AvgIpc) is 3.27. The molecule has 0 aromatic heterocycles. The monoisotopic (exact) mass is 455 g/mol. The van der Waals surface area contributed by atoms with Crippen LogP contribution in [0.3, 0.4) is 0 Å². The maximum Gasteiger partial charge on any atom is 0.311 e. The lowest BCUT2D eigenvalue weighted by Gasteiger charge is -2.13. The Hall–Kier alpha value is -3.73. The Morgan fingerprint density at radius 3 is 2.32 bits per heavy atom. The van der Waals surface area contributed by atoms with Crippen LogP contribution in [-0.4, -0.2) is 17.7 Å². The van der Waals surface area contributed by atoms with Gasteiger partial charge in [-0.05, 0) is 55.5 Å². The predicted octanol–water partition coefficient (Wildman–Crippen LogP) is 6.63. The van der Waals surface area contributed by atoms with Crippen LogP contribution in [0.5, 0.6) is 5.75 Å². The Balaban J connectivity index is 1.30. The number of amides is 1. The second-order valence-corrected chi connectivity index (χ2v) is 8.56. The van der Waals surface area contributed by atoms with E-state index in [0.717, 1.165) is 54.9 Å². The summed E-state index contributed by atoms with van der Waals surface area (Å²) in [7, 11) is 0. The molecule has 0 heterocycles. The minimum absolute atomic E-state index is 0.191. The molecule has 0 saturated heterocycles. The molecular weight excluding hydrogens is 426 g/mol. The minimum atomic E-state index is -0.264. The number of anilines is 1. The van der Waals surface area contributed by atoms with E-state index >= 15 is 0 Å². The van der Waals surface area contributed by atoms with E-state index in [1.54, 1.807) is 24.3 Å². The fraction of sp³-hybridized carbons (Fsp3) is 0.276. The summed E-state index contributed by atoms with van der Waals surface area (Å²) in [4.78, 5) is 36.7. The predicted molar refractivity (Wildman–Crippen MR) is 134 cm³/mol. The maximum absolute atomic E-state index is 12.6. The summed E-state index contributed by atoms with van der Waals surface area (Å²) in [6.07, 6.45) is 8.47. The summed E-state index contributed by atoms with van der Waals surface area (Å²) in [5, 5.41) is 4.54. The van der Waals surface area contributed by atoms with Crippen LogP contribution < -0.4 is 10.1 Å². The van der Waals surface area contributed by atoms with Gasteiger partial charge in [0.1, 0.15) is 5.75 Å². The van der Waals surface area contributed by atoms with E-state index in [-0.39, 0.29) is 11.9 Å². The van der Waals surface area contributed by atoms with Gasteiger partial charge in [-0.1, -0.05) is 61.4 Å². The molecule has 5 nitrogen and oxygen atoms in total. The number of hydrogen-bond donors (Lipinski definition) is 1. The molecule has 34 heavy (non-hydrogen) atoms. The molecule has 0 unspecified atom stereocenters. The zero-order valence-electron chi connectivity index (χ0n) is 19.2. The van der Waals surface area contributed by atoms with Gasteiger partial charge in [-0.25, -0.2) is 0 Å². The van der Waals surface area contributed by atoms with Crippen LogP contribution in [0.25, 0.3) is 10.8 Å². The summed E-state index contributed by atoms with van der Waals surface area (Å²) < 4.78 is 5.67. The largest absolute Gasteiger partial charge is 0.426 e. The third-order valence-electron chi connectivity index (χ3n) is 6.09. The number of ketones is 1. The fourth-order valence-electron chi connectivity index (χ4n) is 4.26. The van der Waals surface area contributed by atoms with Gasteiger partial charge < -0.3 is 10.1 Å². The number of unbranched alkanes of at least 4 members (excludes halogenated alkanes) is 3. The Morgan fingerprint density at radius 2 is 1.56 bits per heavy atom. The number of fused-ring (bicyclic) bond motifs is 1. The molecule has 0 spiro atoms. The van der Waals surface area contributed by atoms with Gasteiger partial charge in [0.2, 0.25) is 0 Å². The second kappa shape index (κ2) is 11.4. The van der Waals surface area contributed by atoms with Crippen molar-refractivity contribution in [2.45, 2.75) is 51.4 Å². The van der Waals surface area contributed by atoms with Crippen molar-refractivity contribution in [1.29, 1.82) is 0 Å². The van der Waals surface area contributed by atoms with E-state index < -0.39 is 0 Å². The van der Waals surface area contributed by atoms with Crippen LogP contribution in [0.2, 0.25) is 0 Å². The molecular formula is C29H29NO4. The minimum Gasteiger partial charge on any atom is -0.426 e. The molecule has 1 amide bonds. The number of allylic oxidation sites excluding steroid dienone is 2. The van der Waals surface area contributed by atoms with Crippen LogP contribution in [0.1, 0.15) is 61.7 Å². The van der Waals surface area contributed by atoms with E-state index in [1.165, 1.54) is 0 Å². The van der Waals surface area contributed by atoms with Crippen molar-refractivity contribution in [3.05, 3.63) is 83.9 Å². The van der Waals surface area contributed by atoms with Crippen molar-refractivity contribution in [3.63, 3.8) is 0 Å². The quantitative estimate of drug-likeness (QED) is 0.212. The summed E-state index contributed by atoms with van der Waals surface area (Å²) >= 11 is 0. The number of rotatable bonds is 10. The standard InChI is InChI=1S/C29H29NO4/c31-26-17-10-14-21(26)11-4-1-2-7-18-28(32)34-27-20-19-25(23-15-8-9-16-24(23)27)30-29(33)22-12-5-3-6-13-22/h3,5-6,8-9,12-16,19-20H,1-2,4,7,10-11,17-18H2,(H,30,33). The van der Waals surface area contributed by atoms with Crippen molar-refractivity contribution >= 4 is 34.1 Å². The molecule has 0 fully saturated rings. The highest BCUT2D eigenvalue weighted by Gasteiger charge is 2.15. The van der Waals surface area contributed by atoms with Crippen LogP contribution in [0.4, 0.5) is 5.69 Å². The van der Waals surface area contributed by atoms with Crippen LogP contribution in [-0.2, 0) is 9.59 Å². The van der Waals surface area contributed by atoms with Crippen LogP contribution in [0, 0.1) is 0 Å². The lowest BCUT2D eigenvalue weighted by atomic mass is 10.0. The summed E-state index contributed by atoms with van der Waals surface area (Å²) in [5.41, 5.74) is 2.23. The Bertz CT molecular complexity index is 1210. The normalized spacial score (nSPS) is 13.1. The van der Waals surface area contributed by atoms with Gasteiger partial charge >= 0.3 is 5.97 Å². The van der Waals surface area contributed by atoms with Gasteiger partial charge in [0, 0.05) is 34.9 Å². The van der Waals surface area contributed by atoms with Gasteiger partial charge in [-0.3, -0.25) is 14.4 Å². The van der Waals surface area contributed by atoms with Crippen molar-refractivity contribution in [3.8, 4) is 5.75 Å². The molecule has 0 atom stereocenters. The average molecular weight is 456 g/mol.